The average Bonchev–Trinajstić information content (AvgIpc) is 1.86. The van der Waals surface area contributed by atoms with E-state index < -0.39 is 5.72 Å². The normalized spacial score (nSPS) is 12.7. The molecule has 56 valence electrons. The highest BCUT2D eigenvalue weighted by Crippen LogP contribution is 2.15. The van der Waals surface area contributed by atoms with Gasteiger partial charge >= 0.3 is 0 Å². The molecule has 0 atom stereocenters. The second-order valence-electron chi connectivity index (χ2n) is 2.58. The van der Waals surface area contributed by atoms with Crippen molar-refractivity contribution < 1.29 is 5.11 Å². The minimum atomic E-state index is -0.583. The molecule has 2 heteroatoms. The summed E-state index contributed by atoms with van der Waals surface area (Å²) in [5.41, 5.74) is -0.583. The van der Waals surface area contributed by atoms with E-state index in [2.05, 4.69) is 0 Å². The average molecular weight is 131 g/mol. The molecule has 0 unspecified atom stereocenters. The highest BCUT2D eigenvalue weighted by atomic mass is 16.3. The van der Waals surface area contributed by atoms with Crippen LogP contribution in [0.5, 0.6) is 0 Å². The molecular weight excluding hydrogens is 114 g/mol. The first-order chi connectivity index (χ1) is 4.06. The summed E-state index contributed by atoms with van der Waals surface area (Å²) in [4.78, 5) is 1.85. The van der Waals surface area contributed by atoms with Crippen LogP contribution >= 0.6 is 0 Å². The Kier molecular flexibility index (Phi) is 3.15. The van der Waals surface area contributed by atoms with Crippen molar-refractivity contribution in [3.05, 3.63) is 0 Å². The van der Waals surface area contributed by atoms with E-state index in [4.69, 9.17) is 0 Å². The Bertz CT molecular complexity index is 77.0. The van der Waals surface area contributed by atoms with Crippen molar-refractivity contribution in [2.75, 3.05) is 14.1 Å². The predicted molar refractivity (Wildman–Crippen MR) is 39.2 cm³/mol. The lowest BCUT2D eigenvalue weighted by Crippen LogP contribution is -2.42. The molecule has 0 aromatic heterocycles. The monoisotopic (exact) mass is 131 g/mol. The molecule has 2 nitrogen and oxygen atoms in total. The highest BCUT2D eigenvalue weighted by Gasteiger charge is 2.23. The smallest absolute Gasteiger partial charge is 0.117 e. The zero-order valence-electron chi connectivity index (χ0n) is 6.81. The van der Waals surface area contributed by atoms with Crippen LogP contribution in [0.25, 0.3) is 0 Å². The van der Waals surface area contributed by atoms with Gasteiger partial charge in [0.05, 0.1) is 0 Å². The molecule has 0 aromatic carbocycles. The summed E-state index contributed by atoms with van der Waals surface area (Å²) in [6.07, 6.45) is 1.58. The van der Waals surface area contributed by atoms with Crippen molar-refractivity contribution in [3.63, 3.8) is 0 Å². The first-order valence-electron chi connectivity index (χ1n) is 3.46. The summed E-state index contributed by atoms with van der Waals surface area (Å²) in [5.74, 6) is 0. The number of nitrogens with zero attached hydrogens (tertiary/aromatic N) is 1. The SMILES string of the molecule is CCC(O)(CC)N(C)C. The molecule has 0 saturated heterocycles. The molecule has 0 aliphatic rings. The summed E-state index contributed by atoms with van der Waals surface area (Å²) in [5, 5.41) is 9.63. The third-order valence-electron chi connectivity index (χ3n) is 1.96. The van der Waals surface area contributed by atoms with Gasteiger partial charge in [-0.2, -0.15) is 0 Å². The van der Waals surface area contributed by atoms with Gasteiger partial charge in [-0.15, -0.1) is 0 Å². The Balaban J connectivity index is 3.92. The quantitative estimate of drug-likeness (QED) is 0.579. The van der Waals surface area contributed by atoms with Gasteiger partial charge < -0.3 is 5.11 Å². The first kappa shape index (κ1) is 8.92. The van der Waals surface area contributed by atoms with E-state index in [1.165, 1.54) is 0 Å². The van der Waals surface area contributed by atoms with Crippen molar-refractivity contribution in [3.8, 4) is 0 Å². The van der Waals surface area contributed by atoms with Crippen LogP contribution in [0.2, 0.25) is 0 Å². The van der Waals surface area contributed by atoms with Crippen LogP contribution in [0.1, 0.15) is 26.7 Å². The van der Waals surface area contributed by atoms with E-state index in [0.29, 0.717) is 0 Å². The molecule has 9 heavy (non-hydrogen) atoms. The second-order valence-corrected chi connectivity index (χ2v) is 2.58. The molecule has 0 bridgehead atoms. The summed E-state index contributed by atoms with van der Waals surface area (Å²) in [6.45, 7) is 3.98. The topological polar surface area (TPSA) is 23.5 Å². The van der Waals surface area contributed by atoms with Gasteiger partial charge in [-0.05, 0) is 26.9 Å². The van der Waals surface area contributed by atoms with Crippen LogP contribution in [0.15, 0.2) is 0 Å². The van der Waals surface area contributed by atoms with Crippen LogP contribution in [-0.4, -0.2) is 29.8 Å². The van der Waals surface area contributed by atoms with Gasteiger partial charge in [0.25, 0.3) is 0 Å². The Morgan fingerprint density at radius 2 is 1.56 bits per heavy atom. The second kappa shape index (κ2) is 3.18. The van der Waals surface area contributed by atoms with E-state index in [1.54, 1.807) is 0 Å². The molecule has 0 fully saturated rings. The van der Waals surface area contributed by atoms with Crippen LogP contribution in [0.3, 0.4) is 0 Å². The summed E-state index contributed by atoms with van der Waals surface area (Å²) in [7, 11) is 3.79. The minimum absolute atomic E-state index is 0.583. The van der Waals surface area contributed by atoms with Crippen molar-refractivity contribution in [2.24, 2.45) is 0 Å². The number of rotatable bonds is 3. The largest absolute Gasteiger partial charge is 0.376 e. The summed E-state index contributed by atoms with van der Waals surface area (Å²) >= 11 is 0. The fourth-order valence-electron chi connectivity index (χ4n) is 0.882. The lowest BCUT2D eigenvalue weighted by atomic mass is 10.1. The van der Waals surface area contributed by atoms with Crippen LogP contribution < -0.4 is 0 Å². The molecular formula is C7H17NO. The molecule has 0 heterocycles. The number of aliphatic hydroxyl groups is 1. The van der Waals surface area contributed by atoms with Gasteiger partial charge in [0.1, 0.15) is 5.72 Å². The molecule has 0 rings (SSSR count). The van der Waals surface area contributed by atoms with Gasteiger partial charge in [-0.25, -0.2) is 0 Å². The van der Waals surface area contributed by atoms with Gasteiger partial charge in [0, 0.05) is 0 Å². The van der Waals surface area contributed by atoms with Gasteiger partial charge in [0.2, 0.25) is 0 Å². The minimum Gasteiger partial charge on any atom is -0.376 e. The lowest BCUT2D eigenvalue weighted by Gasteiger charge is -2.32. The predicted octanol–water partition coefficient (Wildman–Crippen LogP) is 1.06. The van der Waals surface area contributed by atoms with Crippen molar-refractivity contribution in [1.29, 1.82) is 0 Å². The fraction of sp³-hybridized carbons (Fsp3) is 1.00. The van der Waals surface area contributed by atoms with E-state index >= 15 is 0 Å². The van der Waals surface area contributed by atoms with E-state index in [9.17, 15) is 5.11 Å². The van der Waals surface area contributed by atoms with Crippen molar-refractivity contribution in [1.82, 2.24) is 4.90 Å². The van der Waals surface area contributed by atoms with Crippen LogP contribution in [-0.2, 0) is 0 Å². The Labute approximate surface area is 57.5 Å². The highest BCUT2D eigenvalue weighted by molar-refractivity contribution is 4.70. The zero-order valence-corrected chi connectivity index (χ0v) is 6.81. The maximum atomic E-state index is 9.63. The Hall–Kier alpha value is -0.0800. The molecule has 0 aromatic rings. The van der Waals surface area contributed by atoms with E-state index in [-0.39, 0.29) is 0 Å². The Morgan fingerprint density at radius 1 is 1.22 bits per heavy atom. The van der Waals surface area contributed by atoms with Gasteiger partial charge in [-0.1, -0.05) is 13.8 Å². The molecule has 0 radical (unpaired) electrons. The maximum absolute atomic E-state index is 9.63. The third kappa shape index (κ3) is 1.95. The fourth-order valence-corrected chi connectivity index (χ4v) is 0.882. The van der Waals surface area contributed by atoms with Gasteiger partial charge in [0.15, 0.2) is 0 Å². The standard InChI is InChI=1S/C7H17NO/c1-5-7(9,6-2)8(3)4/h9H,5-6H2,1-4H3. The third-order valence-corrected chi connectivity index (χ3v) is 1.96. The first-order valence-corrected chi connectivity index (χ1v) is 3.46. The molecule has 0 aliphatic heterocycles. The summed E-state index contributed by atoms with van der Waals surface area (Å²) < 4.78 is 0. The van der Waals surface area contributed by atoms with E-state index in [0.717, 1.165) is 12.8 Å². The maximum Gasteiger partial charge on any atom is 0.117 e. The van der Waals surface area contributed by atoms with E-state index in [1.807, 2.05) is 32.8 Å². The number of hydrogen-bond donors (Lipinski definition) is 1. The van der Waals surface area contributed by atoms with Crippen molar-refractivity contribution >= 4 is 0 Å². The van der Waals surface area contributed by atoms with Gasteiger partial charge in [-0.3, -0.25) is 4.90 Å². The summed E-state index contributed by atoms with van der Waals surface area (Å²) in [6, 6.07) is 0. The lowest BCUT2D eigenvalue weighted by molar-refractivity contribution is -0.0875. The molecule has 0 aliphatic carbocycles. The van der Waals surface area contributed by atoms with Crippen molar-refractivity contribution in [2.45, 2.75) is 32.4 Å². The van der Waals surface area contributed by atoms with Crippen LogP contribution in [0.4, 0.5) is 0 Å². The molecule has 1 N–H and O–H groups in total. The molecule has 0 saturated carbocycles. The van der Waals surface area contributed by atoms with Crippen LogP contribution in [0, 0.1) is 0 Å². The molecule has 0 spiro atoms. The Morgan fingerprint density at radius 3 is 1.56 bits per heavy atom. The number of hydrogen-bond acceptors (Lipinski definition) is 2. The molecule has 0 amide bonds. The zero-order chi connectivity index (χ0) is 7.49.